The van der Waals surface area contributed by atoms with Gasteiger partial charge in [-0.15, -0.1) is 0 Å². The molecule has 3 aromatic rings. The molecule has 1 saturated heterocycles. The van der Waals surface area contributed by atoms with Crippen LogP contribution in [0, 0.1) is 0 Å². The van der Waals surface area contributed by atoms with E-state index in [0.717, 1.165) is 6.42 Å². The lowest BCUT2D eigenvalue weighted by molar-refractivity contribution is 0.0564. The number of para-hydroxylation sites is 1. The van der Waals surface area contributed by atoms with E-state index >= 15 is 0 Å². The van der Waals surface area contributed by atoms with Crippen LogP contribution in [-0.2, 0) is 11.3 Å². The van der Waals surface area contributed by atoms with Crippen LogP contribution >= 0.6 is 23.2 Å². The molecule has 1 aliphatic heterocycles. The molecule has 2 aromatic carbocycles. The Balaban J connectivity index is 1.74. The van der Waals surface area contributed by atoms with Crippen molar-refractivity contribution in [1.29, 1.82) is 0 Å². The summed E-state index contributed by atoms with van der Waals surface area (Å²) in [7, 11) is 0. The molecule has 2 amide bonds. The van der Waals surface area contributed by atoms with E-state index in [4.69, 9.17) is 37.8 Å². The number of hydrogen-bond donors (Lipinski definition) is 1. The first-order valence-electron chi connectivity index (χ1n) is 13.1. The van der Waals surface area contributed by atoms with Gasteiger partial charge in [0, 0.05) is 43.8 Å². The highest BCUT2D eigenvalue weighted by atomic mass is 35.5. The van der Waals surface area contributed by atoms with Crippen molar-refractivity contribution in [3.05, 3.63) is 69.8 Å². The van der Waals surface area contributed by atoms with Crippen molar-refractivity contribution in [2.75, 3.05) is 32.8 Å². The molecule has 0 aliphatic carbocycles. The molecule has 0 bridgehead atoms. The summed E-state index contributed by atoms with van der Waals surface area (Å²) in [5.74, 6) is 0.681. The number of nitrogens with zero attached hydrogens (tertiary/aromatic N) is 4. The van der Waals surface area contributed by atoms with E-state index in [-0.39, 0.29) is 23.7 Å². The molecule has 4 rings (SSSR count). The maximum atomic E-state index is 13.9. The Kier molecular flexibility index (Phi) is 9.72. The van der Waals surface area contributed by atoms with Crippen molar-refractivity contribution in [3.8, 4) is 17.3 Å². The van der Waals surface area contributed by atoms with Crippen LogP contribution in [0.1, 0.15) is 43.2 Å². The molecule has 1 fully saturated rings. The summed E-state index contributed by atoms with van der Waals surface area (Å²) in [5, 5.41) is 9.28. The highest BCUT2D eigenvalue weighted by Crippen LogP contribution is 2.34. The molecule has 208 valence electrons. The lowest BCUT2D eigenvalue weighted by Gasteiger charge is -2.33. The van der Waals surface area contributed by atoms with Gasteiger partial charge in [0.05, 0.1) is 22.9 Å². The number of piperazine rings is 1. The third-order valence-corrected chi connectivity index (χ3v) is 7.15. The Bertz CT molecular complexity index is 1290. The predicted molar refractivity (Wildman–Crippen MR) is 151 cm³/mol. The van der Waals surface area contributed by atoms with Gasteiger partial charge in [-0.3, -0.25) is 4.79 Å². The van der Waals surface area contributed by atoms with Gasteiger partial charge in [-0.2, -0.15) is 9.78 Å². The SMILES string of the molecule is CCOC(=O)N1CCN(C(=O)c2nn(-c3ccccc3Cl)c(Oc3ccc(Cl)cc3)c2CNC(C)CC)CC1. The Morgan fingerprint density at radius 1 is 1.00 bits per heavy atom. The van der Waals surface area contributed by atoms with Crippen LogP contribution < -0.4 is 10.1 Å². The summed E-state index contributed by atoms with van der Waals surface area (Å²) in [6.45, 7) is 8.08. The summed E-state index contributed by atoms with van der Waals surface area (Å²) in [6, 6.07) is 14.5. The quantitative estimate of drug-likeness (QED) is 0.349. The molecule has 1 aliphatic rings. The van der Waals surface area contributed by atoms with Crippen molar-refractivity contribution in [3.63, 3.8) is 0 Å². The number of benzene rings is 2. The lowest BCUT2D eigenvalue weighted by atomic mass is 10.1. The van der Waals surface area contributed by atoms with E-state index in [1.54, 1.807) is 51.7 Å². The first-order chi connectivity index (χ1) is 18.8. The first-order valence-corrected chi connectivity index (χ1v) is 13.8. The zero-order chi connectivity index (χ0) is 27.9. The van der Waals surface area contributed by atoms with Crippen LogP contribution in [0.4, 0.5) is 4.79 Å². The average Bonchev–Trinajstić information content (AvgIpc) is 3.30. The van der Waals surface area contributed by atoms with Crippen molar-refractivity contribution in [2.45, 2.75) is 39.8 Å². The van der Waals surface area contributed by atoms with Crippen LogP contribution in [0.3, 0.4) is 0 Å². The smallest absolute Gasteiger partial charge is 0.409 e. The molecule has 11 heteroatoms. The molecule has 1 unspecified atom stereocenters. The second-order valence-corrected chi connectivity index (χ2v) is 10.1. The highest BCUT2D eigenvalue weighted by Gasteiger charge is 2.32. The number of carbonyl (C=O) groups is 2. The zero-order valence-corrected chi connectivity index (χ0v) is 23.8. The summed E-state index contributed by atoms with van der Waals surface area (Å²) in [5.41, 5.74) is 1.46. The largest absolute Gasteiger partial charge is 0.450 e. The number of hydrogen-bond acceptors (Lipinski definition) is 6. The molecule has 0 saturated carbocycles. The number of halogens is 2. The van der Waals surface area contributed by atoms with Crippen LogP contribution in [-0.4, -0.2) is 70.4 Å². The third kappa shape index (κ3) is 6.84. The van der Waals surface area contributed by atoms with Crippen molar-refractivity contribution in [2.24, 2.45) is 0 Å². The second-order valence-electron chi connectivity index (χ2n) is 9.22. The zero-order valence-electron chi connectivity index (χ0n) is 22.3. The van der Waals surface area contributed by atoms with E-state index in [1.807, 2.05) is 18.2 Å². The molecule has 0 radical (unpaired) electrons. The fourth-order valence-electron chi connectivity index (χ4n) is 4.15. The van der Waals surface area contributed by atoms with Gasteiger partial charge < -0.3 is 24.6 Å². The van der Waals surface area contributed by atoms with E-state index in [2.05, 4.69) is 19.2 Å². The second kappa shape index (κ2) is 13.2. The molecule has 2 heterocycles. The molecular formula is C28H33Cl2N5O4. The highest BCUT2D eigenvalue weighted by molar-refractivity contribution is 6.32. The van der Waals surface area contributed by atoms with Gasteiger partial charge in [0.1, 0.15) is 5.75 Å². The molecule has 9 nitrogen and oxygen atoms in total. The van der Waals surface area contributed by atoms with Gasteiger partial charge in [0.15, 0.2) is 5.69 Å². The maximum Gasteiger partial charge on any atom is 0.409 e. The topological polar surface area (TPSA) is 88.9 Å². The average molecular weight is 575 g/mol. The number of nitrogens with one attached hydrogen (secondary N) is 1. The van der Waals surface area contributed by atoms with Crippen molar-refractivity contribution in [1.82, 2.24) is 24.9 Å². The molecule has 39 heavy (non-hydrogen) atoms. The fraction of sp³-hybridized carbons (Fsp3) is 0.393. The summed E-state index contributed by atoms with van der Waals surface area (Å²) < 4.78 is 13.1. The Labute approximate surface area is 238 Å². The normalized spacial score (nSPS) is 14.3. The van der Waals surface area contributed by atoms with Crippen LogP contribution in [0.15, 0.2) is 48.5 Å². The minimum atomic E-state index is -0.371. The van der Waals surface area contributed by atoms with Gasteiger partial charge in [0.2, 0.25) is 5.88 Å². The lowest BCUT2D eigenvalue weighted by Crippen LogP contribution is -2.51. The summed E-state index contributed by atoms with van der Waals surface area (Å²) >= 11 is 12.7. The van der Waals surface area contributed by atoms with Gasteiger partial charge in [-0.05, 0) is 56.7 Å². The number of ether oxygens (including phenoxy) is 2. The molecule has 1 atom stereocenters. The molecule has 1 aromatic heterocycles. The van der Waals surface area contributed by atoms with Crippen LogP contribution in [0.5, 0.6) is 11.6 Å². The van der Waals surface area contributed by atoms with E-state index in [0.29, 0.717) is 72.3 Å². The number of aromatic nitrogens is 2. The van der Waals surface area contributed by atoms with E-state index < -0.39 is 0 Å². The third-order valence-electron chi connectivity index (χ3n) is 6.58. The van der Waals surface area contributed by atoms with Gasteiger partial charge >= 0.3 is 6.09 Å². The maximum absolute atomic E-state index is 13.9. The van der Waals surface area contributed by atoms with Crippen LogP contribution in [0.25, 0.3) is 5.69 Å². The Morgan fingerprint density at radius 3 is 2.31 bits per heavy atom. The van der Waals surface area contributed by atoms with E-state index in [1.165, 1.54) is 0 Å². The van der Waals surface area contributed by atoms with Crippen LogP contribution in [0.2, 0.25) is 10.0 Å². The first kappa shape index (κ1) is 28.7. The summed E-state index contributed by atoms with van der Waals surface area (Å²) in [6.07, 6.45) is 0.537. The van der Waals surface area contributed by atoms with Gasteiger partial charge in [-0.1, -0.05) is 42.3 Å². The van der Waals surface area contributed by atoms with Gasteiger partial charge in [0.25, 0.3) is 5.91 Å². The minimum absolute atomic E-state index is 0.202. The van der Waals surface area contributed by atoms with Gasteiger partial charge in [-0.25, -0.2) is 4.79 Å². The van der Waals surface area contributed by atoms with Crippen molar-refractivity contribution < 1.29 is 19.1 Å². The number of carbonyl (C=O) groups excluding carboxylic acids is 2. The predicted octanol–water partition coefficient (Wildman–Crippen LogP) is 5.77. The van der Waals surface area contributed by atoms with E-state index in [9.17, 15) is 9.59 Å². The minimum Gasteiger partial charge on any atom is -0.450 e. The monoisotopic (exact) mass is 573 g/mol. The molecule has 0 spiro atoms. The number of amides is 2. The number of rotatable bonds is 9. The standard InChI is InChI=1S/C28H33Cl2N5O4/c1-4-19(3)31-18-22-25(26(36)33-14-16-34(17-15-33)28(37)38-5-2)32-35(24-9-7-6-8-23(24)30)27(22)39-21-12-10-20(29)11-13-21/h6-13,19,31H,4-5,14-18H2,1-3H3. The Morgan fingerprint density at radius 2 is 1.67 bits per heavy atom. The summed E-state index contributed by atoms with van der Waals surface area (Å²) in [4.78, 5) is 29.4. The molecular weight excluding hydrogens is 541 g/mol. The van der Waals surface area contributed by atoms with Crippen molar-refractivity contribution >= 4 is 35.2 Å². The molecule has 1 N–H and O–H groups in total. The fourth-order valence-corrected chi connectivity index (χ4v) is 4.49. The Hall–Kier alpha value is -3.27.